The van der Waals surface area contributed by atoms with Crippen LogP contribution >= 0.6 is 34.5 Å². The molecule has 0 atom stereocenters. The van der Waals surface area contributed by atoms with E-state index >= 15 is 0 Å². The van der Waals surface area contributed by atoms with Gasteiger partial charge >= 0.3 is 5.97 Å². The lowest BCUT2D eigenvalue weighted by Crippen LogP contribution is -2.34. The first-order chi connectivity index (χ1) is 22.0. The van der Waals surface area contributed by atoms with Gasteiger partial charge in [-0.2, -0.15) is 0 Å². The third kappa shape index (κ3) is 6.66. The van der Waals surface area contributed by atoms with Crippen LogP contribution in [-0.2, 0) is 27.8 Å². The van der Waals surface area contributed by atoms with Crippen LogP contribution in [0.25, 0.3) is 11.0 Å². The number of rotatable bonds is 11. The molecule has 0 bridgehead atoms. The van der Waals surface area contributed by atoms with Gasteiger partial charge in [-0.25, -0.2) is 13.2 Å². The van der Waals surface area contributed by atoms with Crippen LogP contribution in [0.15, 0.2) is 81.4 Å². The number of nitrogens with zero attached hydrogens (tertiary/aromatic N) is 2. The second-order valence-electron chi connectivity index (χ2n) is 10.5. The lowest BCUT2D eigenvalue weighted by Gasteiger charge is -2.29. The summed E-state index contributed by atoms with van der Waals surface area (Å²) in [4.78, 5) is 29.0. The van der Waals surface area contributed by atoms with E-state index in [0.29, 0.717) is 43.4 Å². The maximum Gasteiger partial charge on any atom is 0.374 e. The molecule has 2 aromatic heterocycles. The number of aryl methyl sites for hydroxylation is 2. The Kier molecular flexibility index (Phi) is 10.1. The molecular formula is C34H32Cl2N2O6S2. The van der Waals surface area contributed by atoms with Crippen LogP contribution < -0.4 is 4.31 Å². The zero-order chi connectivity index (χ0) is 33.2. The van der Waals surface area contributed by atoms with Crippen molar-refractivity contribution in [1.82, 2.24) is 4.90 Å². The van der Waals surface area contributed by atoms with Crippen LogP contribution in [-0.4, -0.2) is 38.3 Å². The first-order valence-electron chi connectivity index (χ1n) is 14.5. The number of carbonyl (C=O) groups is 2. The number of esters is 1. The van der Waals surface area contributed by atoms with E-state index in [1.54, 1.807) is 68.1 Å². The topological polar surface area (TPSA) is 97.1 Å². The lowest BCUT2D eigenvalue weighted by molar-refractivity contribution is 0.0491. The Labute approximate surface area is 282 Å². The number of sulfonamides is 1. The van der Waals surface area contributed by atoms with Crippen molar-refractivity contribution in [2.75, 3.05) is 17.5 Å². The highest BCUT2D eigenvalue weighted by Crippen LogP contribution is 2.34. The van der Waals surface area contributed by atoms with E-state index in [1.165, 1.54) is 33.8 Å². The molecule has 0 aliphatic rings. The van der Waals surface area contributed by atoms with Gasteiger partial charge in [0.1, 0.15) is 5.58 Å². The summed E-state index contributed by atoms with van der Waals surface area (Å²) >= 11 is 14.4. The normalized spacial score (nSPS) is 11.5. The van der Waals surface area contributed by atoms with Crippen molar-refractivity contribution in [1.29, 1.82) is 0 Å². The van der Waals surface area contributed by atoms with Gasteiger partial charge in [-0.3, -0.25) is 9.10 Å². The summed E-state index contributed by atoms with van der Waals surface area (Å²) in [5.74, 6) is -0.883. The van der Waals surface area contributed by atoms with Crippen molar-refractivity contribution in [2.24, 2.45) is 0 Å². The number of halogens is 2. The molecule has 0 N–H and O–H groups in total. The first kappa shape index (κ1) is 33.5. The minimum absolute atomic E-state index is 0.0141. The van der Waals surface area contributed by atoms with E-state index in [0.717, 1.165) is 10.4 Å². The maximum absolute atomic E-state index is 14.3. The van der Waals surface area contributed by atoms with Crippen molar-refractivity contribution in [3.8, 4) is 0 Å². The average molecular weight is 700 g/mol. The van der Waals surface area contributed by atoms with E-state index in [2.05, 4.69) is 0 Å². The van der Waals surface area contributed by atoms with Gasteiger partial charge < -0.3 is 14.1 Å². The van der Waals surface area contributed by atoms with E-state index in [1.807, 2.05) is 18.4 Å². The summed E-state index contributed by atoms with van der Waals surface area (Å²) in [5, 5.41) is 3.17. The molecule has 8 nitrogen and oxygen atoms in total. The lowest BCUT2D eigenvalue weighted by atomic mass is 10.1. The molecule has 0 radical (unpaired) electrons. The molecule has 0 spiro atoms. The van der Waals surface area contributed by atoms with Gasteiger partial charge in [0.05, 0.1) is 34.3 Å². The average Bonchev–Trinajstić information content (AvgIpc) is 3.59. The summed E-state index contributed by atoms with van der Waals surface area (Å²) < 4.78 is 40.6. The zero-order valence-corrected chi connectivity index (χ0v) is 28.8. The summed E-state index contributed by atoms with van der Waals surface area (Å²) in [6, 6.07) is 18.2. The SMILES string of the molecule is CCOC(=O)c1oc2ccc(S(=O)(=O)N(CC)c3ccc(Cl)cc3CN(Cc3sccc3C)C(=O)c3ccccc3Cl)cc2c1C. The van der Waals surface area contributed by atoms with Crippen LogP contribution in [0.5, 0.6) is 0 Å². The Morgan fingerprint density at radius 1 is 0.957 bits per heavy atom. The number of hydrogen-bond donors (Lipinski definition) is 0. The zero-order valence-electron chi connectivity index (χ0n) is 25.7. The summed E-state index contributed by atoms with van der Waals surface area (Å²) in [6.45, 7) is 7.72. The predicted molar refractivity (Wildman–Crippen MR) is 183 cm³/mol. The van der Waals surface area contributed by atoms with Crippen LogP contribution in [0.3, 0.4) is 0 Å². The number of hydrogen-bond acceptors (Lipinski definition) is 7. The van der Waals surface area contributed by atoms with Gasteiger partial charge in [0, 0.05) is 33.9 Å². The van der Waals surface area contributed by atoms with Crippen molar-refractivity contribution in [2.45, 2.75) is 45.7 Å². The van der Waals surface area contributed by atoms with Crippen LogP contribution in [0.2, 0.25) is 10.0 Å². The molecule has 5 rings (SSSR count). The quantitative estimate of drug-likeness (QED) is 0.128. The number of amides is 1. The van der Waals surface area contributed by atoms with Crippen molar-refractivity contribution in [3.63, 3.8) is 0 Å². The highest BCUT2D eigenvalue weighted by Gasteiger charge is 2.29. The van der Waals surface area contributed by atoms with Gasteiger partial charge in [0.2, 0.25) is 5.76 Å². The molecule has 12 heteroatoms. The second-order valence-corrected chi connectivity index (χ2v) is 14.3. The summed E-state index contributed by atoms with van der Waals surface area (Å²) in [7, 11) is -4.13. The third-order valence-electron chi connectivity index (χ3n) is 7.61. The molecule has 1 amide bonds. The molecule has 5 aromatic rings. The monoisotopic (exact) mass is 698 g/mol. The number of anilines is 1. The van der Waals surface area contributed by atoms with Gasteiger partial charge in [-0.15, -0.1) is 11.3 Å². The van der Waals surface area contributed by atoms with Crippen molar-refractivity contribution in [3.05, 3.63) is 115 Å². The number of benzene rings is 3. The predicted octanol–water partition coefficient (Wildman–Crippen LogP) is 8.65. The number of thiophene rings is 1. The van der Waals surface area contributed by atoms with E-state index < -0.39 is 16.0 Å². The number of carbonyl (C=O) groups excluding carboxylic acids is 2. The Bertz CT molecular complexity index is 2040. The Morgan fingerprint density at radius 2 is 1.72 bits per heavy atom. The molecule has 0 unspecified atom stereocenters. The smallest absolute Gasteiger partial charge is 0.374 e. The molecule has 3 aromatic carbocycles. The Balaban J connectivity index is 1.56. The molecule has 2 heterocycles. The number of fused-ring (bicyclic) bond motifs is 1. The minimum atomic E-state index is -4.13. The molecule has 46 heavy (non-hydrogen) atoms. The molecule has 0 aliphatic carbocycles. The highest BCUT2D eigenvalue weighted by atomic mass is 35.5. The molecule has 0 saturated carbocycles. The van der Waals surface area contributed by atoms with Gasteiger partial charge in [0.15, 0.2) is 0 Å². The standard InChI is InChI=1S/C34H32Cl2N2O6S2/c1-5-38(46(41,42)25-12-14-30-27(18-25)22(4)32(44-30)34(40)43-6-2)29-13-11-24(35)17-23(29)19-37(20-31-21(3)15-16-45-31)33(39)26-9-7-8-10-28(26)36/h7-18H,5-6,19-20H2,1-4H3. The fourth-order valence-corrected chi connectivity index (χ4v) is 8.09. The Morgan fingerprint density at radius 3 is 2.39 bits per heavy atom. The fourth-order valence-electron chi connectivity index (χ4n) is 5.22. The van der Waals surface area contributed by atoms with Crippen molar-refractivity contribution < 1.29 is 27.2 Å². The molecular weight excluding hydrogens is 667 g/mol. The van der Waals surface area contributed by atoms with Gasteiger partial charge in [-0.1, -0.05) is 35.3 Å². The van der Waals surface area contributed by atoms with Gasteiger partial charge in [-0.05, 0) is 98.8 Å². The molecule has 0 aliphatic heterocycles. The van der Waals surface area contributed by atoms with E-state index in [-0.39, 0.29) is 42.8 Å². The summed E-state index contributed by atoms with van der Waals surface area (Å²) in [5.41, 5.74) is 3.15. The van der Waals surface area contributed by atoms with Crippen LogP contribution in [0.1, 0.15) is 56.3 Å². The molecule has 240 valence electrons. The van der Waals surface area contributed by atoms with Gasteiger partial charge in [0.25, 0.3) is 15.9 Å². The summed E-state index contributed by atoms with van der Waals surface area (Å²) in [6.07, 6.45) is 0. The maximum atomic E-state index is 14.3. The van der Waals surface area contributed by atoms with Crippen molar-refractivity contribution >= 4 is 73.1 Å². The van der Waals surface area contributed by atoms with Crippen LogP contribution in [0.4, 0.5) is 5.69 Å². The number of furan rings is 1. The molecule has 0 saturated heterocycles. The van der Waals surface area contributed by atoms with E-state index in [9.17, 15) is 18.0 Å². The largest absolute Gasteiger partial charge is 0.460 e. The fraction of sp³-hybridized carbons (Fsp3) is 0.235. The first-order valence-corrected chi connectivity index (χ1v) is 17.6. The second kappa shape index (κ2) is 13.9. The third-order valence-corrected chi connectivity index (χ3v) is 11.1. The molecule has 0 fully saturated rings. The van der Waals surface area contributed by atoms with Crippen LogP contribution in [0, 0.1) is 13.8 Å². The van der Waals surface area contributed by atoms with E-state index in [4.69, 9.17) is 32.4 Å². The Hall–Kier alpha value is -3.83. The minimum Gasteiger partial charge on any atom is -0.460 e. The number of ether oxygens (including phenoxy) is 1. The highest BCUT2D eigenvalue weighted by molar-refractivity contribution is 7.92.